The Kier molecular flexibility index (Phi) is 3.76. The lowest BCUT2D eigenvalue weighted by Crippen LogP contribution is -2.31. The number of hydrogen-bond donors (Lipinski definition) is 1. The Morgan fingerprint density at radius 1 is 1.47 bits per heavy atom. The van der Waals surface area contributed by atoms with E-state index in [2.05, 4.69) is 0 Å². The molecule has 2 N–H and O–H groups in total. The first-order chi connectivity index (χ1) is 8.97. The number of carbonyl (C=O) groups excluding carboxylic acids is 2. The van der Waals surface area contributed by atoms with E-state index < -0.39 is 18.0 Å². The molecule has 1 aliphatic rings. The molecule has 0 bridgehead atoms. The van der Waals surface area contributed by atoms with Crippen LogP contribution in [0, 0.1) is 0 Å². The summed E-state index contributed by atoms with van der Waals surface area (Å²) in [6.07, 6.45) is 0.648. The van der Waals surface area contributed by atoms with Gasteiger partial charge in [-0.3, -0.25) is 4.79 Å². The second-order valence-corrected chi connectivity index (χ2v) is 4.53. The fraction of sp³-hybridized carbons (Fsp3) is 0.231. The molecule has 6 heteroatoms. The molecule has 100 valence electrons. The van der Waals surface area contributed by atoms with E-state index in [1.807, 2.05) is 0 Å². The zero-order valence-corrected chi connectivity index (χ0v) is 10.9. The van der Waals surface area contributed by atoms with Crippen LogP contribution in [0.25, 0.3) is 6.08 Å². The lowest BCUT2D eigenvalue weighted by molar-refractivity contribution is -0.150. The molecule has 1 amide bonds. The fourth-order valence-electron chi connectivity index (χ4n) is 1.56. The van der Waals surface area contributed by atoms with Crippen molar-refractivity contribution in [1.29, 1.82) is 0 Å². The van der Waals surface area contributed by atoms with Crippen LogP contribution in [0.2, 0.25) is 5.02 Å². The Morgan fingerprint density at radius 2 is 2.21 bits per heavy atom. The molecule has 19 heavy (non-hydrogen) atoms. The maximum atomic E-state index is 11.8. The van der Waals surface area contributed by atoms with Crippen molar-refractivity contribution in [1.82, 2.24) is 0 Å². The third-order valence-electron chi connectivity index (χ3n) is 2.63. The molecule has 1 atom stereocenters. The molecular formula is C13H12ClNO4. The van der Waals surface area contributed by atoms with Crippen LogP contribution in [-0.4, -0.2) is 24.6 Å². The third kappa shape index (κ3) is 3.06. The van der Waals surface area contributed by atoms with Gasteiger partial charge in [-0.25, -0.2) is 4.79 Å². The summed E-state index contributed by atoms with van der Waals surface area (Å²) in [6.45, 7) is 1.49. The number of nitrogens with two attached hydrogens (primary N) is 1. The molecule has 5 nitrogen and oxygen atoms in total. The van der Waals surface area contributed by atoms with E-state index in [1.54, 1.807) is 24.3 Å². The fourth-order valence-corrected chi connectivity index (χ4v) is 1.74. The Hall–Kier alpha value is -2.01. The molecule has 0 fully saturated rings. The van der Waals surface area contributed by atoms with Gasteiger partial charge in [-0.15, -0.1) is 0 Å². The van der Waals surface area contributed by atoms with Gasteiger partial charge in [0, 0.05) is 10.6 Å². The predicted octanol–water partition coefficient (Wildman–Crippen LogP) is 1.53. The number of carbonyl (C=O) groups is 2. The number of amides is 1. The van der Waals surface area contributed by atoms with E-state index in [1.165, 1.54) is 6.92 Å². The van der Waals surface area contributed by atoms with Crippen molar-refractivity contribution in [3.8, 4) is 5.75 Å². The average Bonchev–Trinajstić information content (AvgIpc) is 2.37. The molecule has 1 aliphatic heterocycles. The molecule has 0 radical (unpaired) electrons. The summed E-state index contributed by atoms with van der Waals surface area (Å²) in [7, 11) is 0. The van der Waals surface area contributed by atoms with E-state index in [9.17, 15) is 9.59 Å². The first-order valence-corrected chi connectivity index (χ1v) is 5.98. The molecule has 0 aliphatic carbocycles. The smallest absolute Gasteiger partial charge is 0.338 e. The largest absolute Gasteiger partial charge is 0.488 e. The van der Waals surface area contributed by atoms with E-state index in [-0.39, 0.29) is 6.61 Å². The third-order valence-corrected chi connectivity index (χ3v) is 2.87. The molecule has 1 aromatic rings. The summed E-state index contributed by atoms with van der Waals surface area (Å²) in [5.74, 6) is -0.685. The van der Waals surface area contributed by atoms with Gasteiger partial charge < -0.3 is 15.2 Å². The molecule has 0 aromatic heterocycles. The maximum Gasteiger partial charge on any atom is 0.338 e. The van der Waals surface area contributed by atoms with Gasteiger partial charge in [0.2, 0.25) is 0 Å². The zero-order chi connectivity index (χ0) is 14.0. The van der Waals surface area contributed by atoms with Crippen molar-refractivity contribution in [2.75, 3.05) is 6.61 Å². The lowest BCUT2D eigenvalue weighted by atomic mass is 10.1. The molecule has 1 unspecified atom stereocenters. The van der Waals surface area contributed by atoms with Crippen molar-refractivity contribution in [3.05, 3.63) is 34.4 Å². The van der Waals surface area contributed by atoms with Crippen LogP contribution in [0.1, 0.15) is 12.5 Å². The van der Waals surface area contributed by atoms with Crippen LogP contribution in [0.15, 0.2) is 23.8 Å². The van der Waals surface area contributed by atoms with Crippen molar-refractivity contribution in [3.63, 3.8) is 0 Å². The Bertz CT molecular complexity index is 568. The Morgan fingerprint density at radius 3 is 2.89 bits per heavy atom. The summed E-state index contributed by atoms with van der Waals surface area (Å²) >= 11 is 5.87. The van der Waals surface area contributed by atoms with E-state index in [0.29, 0.717) is 21.9 Å². The van der Waals surface area contributed by atoms with Crippen molar-refractivity contribution in [2.24, 2.45) is 5.73 Å². The van der Waals surface area contributed by atoms with Gasteiger partial charge in [-0.1, -0.05) is 11.6 Å². The molecule has 0 saturated carbocycles. The highest BCUT2D eigenvalue weighted by Crippen LogP contribution is 2.29. The minimum absolute atomic E-state index is 0.0823. The van der Waals surface area contributed by atoms with Crippen LogP contribution in [0.5, 0.6) is 5.75 Å². The monoisotopic (exact) mass is 281 g/mol. The molecule has 1 heterocycles. The summed E-state index contributed by atoms with van der Waals surface area (Å²) in [4.78, 5) is 22.6. The first-order valence-electron chi connectivity index (χ1n) is 5.60. The van der Waals surface area contributed by atoms with Crippen molar-refractivity contribution in [2.45, 2.75) is 13.0 Å². The van der Waals surface area contributed by atoms with Crippen LogP contribution < -0.4 is 10.5 Å². The average molecular weight is 282 g/mol. The Balaban J connectivity index is 2.18. The number of halogens is 1. The summed E-state index contributed by atoms with van der Waals surface area (Å²) in [5, 5.41) is 0.540. The topological polar surface area (TPSA) is 78.6 Å². The van der Waals surface area contributed by atoms with E-state index in [4.69, 9.17) is 26.8 Å². The zero-order valence-electron chi connectivity index (χ0n) is 10.2. The van der Waals surface area contributed by atoms with Gasteiger partial charge in [0.25, 0.3) is 5.91 Å². The normalized spacial score (nSPS) is 14.7. The first kappa shape index (κ1) is 13.4. The van der Waals surface area contributed by atoms with E-state index in [0.717, 1.165) is 0 Å². The lowest BCUT2D eigenvalue weighted by Gasteiger charge is -2.18. The number of rotatable bonds is 3. The van der Waals surface area contributed by atoms with Gasteiger partial charge in [-0.05, 0) is 31.2 Å². The number of fused-ring (bicyclic) bond motifs is 1. The van der Waals surface area contributed by atoms with Gasteiger partial charge in [-0.2, -0.15) is 0 Å². The second kappa shape index (κ2) is 5.32. The van der Waals surface area contributed by atoms with Crippen LogP contribution in [0.3, 0.4) is 0 Å². The number of benzene rings is 1. The molecule has 2 rings (SSSR count). The van der Waals surface area contributed by atoms with Gasteiger partial charge in [0.1, 0.15) is 12.4 Å². The summed E-state index contributed by atoms with van der Waals surface area (Å²) in [5.41, 5.74) is 6.03. The second-order valence-electron chi connectivity index (χ2n) is 4.09. The minimum atomic E-state index is -0.978. The summed E-state index contributed by atoms with van der Waals surface area (Å²) < 4.78 is 10.3. The highest BCUT2D eigenvalue weighted by atomic mass is 35.5. The number of esters is 1. The molecule has 0 spiro atoms. The van der Waals surface area contributed by atoms with E-state index >= 15 is 0 Å². The van der Waals surface area contributed by atoms with Crippen LogP contribution in [0.4, 0.5) is 0 Å². The van der Waals surface area contributed by atoms with Crippen LogP contribution >= 0.6 is 11.6 Å². The molecule has 1 aromatic carbocycles. The van der Waals surface area contributed by atoms with Crippen LogP contribution in [-0.2, 0) is 14.3 Å². The molecular weight excluding hydrogens is 270 g/mol. The molecule has 0 saturated heterocycles. The number of ether oxygens (including phenoxy) is 2. The number of primary amides is 1. The van der Waals surface area contributed by atoms with Crippen molar-refractivity contribution < 1.29 is 19.1 Å². The minimum Gasteiger partial charge on any atom is -0.488 e. The van der Waals surface area contributed by atoms with Crippen molar-refractivity contribution >= 4 is 29.6 Å². The van der Waals surface area contributed by atoms with Gasteiger partial charge in [0.05, 0.1) is 5.57 Å². The highest BCUT2D eigenvalue weighted by molar-refractivity contribution is 6.30. The summed E-state index contributed by atoms with van der Waals surface area (Å²) in [6, 6.07) is 5.11. The Labute approximate surface area is 114 Å². The highest BCUT2D eigenvalue weighted by Gasteiger charge is 2.22. The standard InChI is InChI=1S/C13H12ClNO4/c1-7(12(15)16)19-13(17)9-4-8-5-10(14)2-3-11(8)18-6-9/h2-5,7H,6H2,1H3,(H2,15,16). The predicted molar refractivity (Wildman–Crippen MR) is 69.7 cm³/mol. The van der Waals surface area contributed by atoms with Gasteiger partial charge in [0.15, 0.2) is 6.10 Å². The maximum absolute atomic E-state index is 11.8. The SMILES string of the molecule is CC(OC(=O)C1=Cc2cc(Cl)ccc2OC1)C(N)=O. The number of hydrogen-bond acceptors (Lipinski definition) is 4. The quantitative estimate of drug-likeness (QED) is 0.852. The van der Waals surface area contributed by atoms with Gasteiger partial charge >= 0.3 is 5.97 Å².